The fourth-order valence-electron chi connectivity index (χ4n) is 4.56. The van der Waals surface area contributed by atoms with Gasteiger partial charge in [0.1, 0.15) is 16.9 Å². The van der Waals surface area contributed by atoms with E-state index < -0.39 is 16.3 Å². The summed E-state index contributed by atoms with van der Waals surface area (Å²) >= 11 is 0. The molecule has 1 saturated heterocycles. The number of halogens is 1. The smallest absolute Gasteiger partial charge is 0.264 e. The highest BCUT2D eigenvalue weighted by molar-refractivity contribution is 7.93. The van der Waals surface area contributed by atoms with Crippen LogP contribution in [0.4, 0.5) is 10.1 Å². The Morgan fingerprint density at radius 2 is 1.81 bits per heavy atom. The van der Waals surface area contributed by atoms with Crippen LogP contribution in [0.3, 0.4) is 0 Å². The number of nitrogens with one attached hydrogen (secondary N) is 1. The maximum Gasteiger partial charge on any atom is 0.264 e. The first-order valence-corrected chi connectivity index (χ1v) is 13.5. The SMILES string of the molecule is Cc1cc(C(O)N2CCN(Cc3ccc(F)cn3)CC2)ccc1NS(=O)(=O)c1cccc2cccnc12. The molecule has 1 fully saturated rings. The molecule has 4 aromatic rings. The molecule has 1 aliphatic rings. The number of aromatic nitrogens is 2. The number of aryl methyl sites for hydroxylation is 1. The molecule has 0 radical (unpaired) electrons. The fraction of sp³-hybridized carbons (Fsp3) is 0.259. The first-order valence-electron chi connectivity index (χ1n) is 12.0. The van der Waals surface area contributed by atoms with E-state index in [-0.39, 0.29) is 10.7 Å². The summed E-state index contributed by atoms with van der Waals surface area (Å²) in [5.41, 5.74) is 3.07. The molecule has 0 amide bonds. The van der Waals surface area contributed by atoms with E-state index in [4.69, 9.17) is 0 Å². The lowest BCUT2D eigenvalue weighted by atomic mass is 10.1. The summed E-state index contributed by atoms with van der Waals surface area (Å²) in [5.74, 6) is -0.351. The van der Waals surface area contributed by atoms with Gasteiger partial charge in [-0.15, -0.1) is 0 Å². The number of rotatable bonds is 7. The van der Waals surface area contributed by atoms with E-state index in [2.05, 4.69) is 19.6 Å². The van der Waals surface area contributed by atoms with Gasteiger partial charge < -0.3 is 5.11 Å². The molecular formula is C27H28FN5O3S. The Morgan fingerprint density at radius 1 is 1.03 bits per heavy atom. The van der Waals surface area contributed by atoms with Crippen LogP contribution < -0.4 is 4.72 Å². The minimum Gasteiger partial charge on any atom is -0.374 e. The molecular weight excluding hydrogens is 493 g/mol. The number of hydrogen-bond acceptors (Lipinski definition) is 7. The van der Waals surface area contributed by atoms with E-state index in [9.17, 15) is 17.9 Å². The van der Waals surface area contributed by atoms with Gasteiger partial charge in [-0.2, -0.15) is 0 Å². The van der Waals surface area contributed by atoms with Crippen molar-refractivity contribution in [1.29, 1.82) is 0 Å². The van der Waals surface area contributed by atoms with Crippen LogP contribution in [0.25, 0.3) is 10.9 Å². The lowest BCUT2D eigenvalue weighted by Gasteiger charge is -2.37. The van der Waals surface area contributed by atoms with Crippen molar-refractivity contribution in [3.63, 3.8) is 0 Å². The highest BCUT2D eigenvalue weighted by Crippen LogP contribution is 2.28. The summed E-state index contributed by atoms with van der Waals surface area (Å²) in [6.45, 7) is 5.24. The summed E-state index contributed by atoms with van der Waals surface area (Å²) in [6.07, 6.45) is 1.99. The van der Waals surface area contributed by atoms with Crippen molar-refractivity contribution in [3.05, 3.63) is 95.7 Å². The van der Waals surface area contributed by atoms with Crippen LogP contribution in [-0.2, 0) is 16.6 Å². The Morgan fingerprint density at radius 3 is 2.54 bits per heavy atom. The maximum absolute atomic E-state index is 13.2. The number of pyridine rings is 2. The van der Waals surface area contributed by atoms with Crippen LogP contribution in [0.5, 0.6) is 0 Å². The van der Waals surface area contributed by atoms with Crippen molar-refractivity contribution in [1.82, 2.24) is 19.8 Å². The standard InChI is InChI=1S/C27H28FN5O3S/c1-19-16-21(27(34)33-14-12-32(13-15-33)18-23-9-8-22(28)17-30-23)7-10-24(19)31-37(35,36)25-6-2-4-20-5-3-11-29-26(20)25/h2-11,16-17,27,31,34H,12-15,18H2,1H3. The van der Waals surface area contributed by atoms with Crippen LogP contribution in [0.15, 0.2) is 78.0 Å². The molecule has 0 bridgehead atoms. The first kappa shape index (κ1) is 25.2. The van der Waals surface area contributed by atoms with Gasteiger partial charge in [0.2, 0.25) is 0 Å². The zero-order chi connectivity index (χ0) is 26.0. The van der Waals surface area contributed by atoms with Crippen molar-refractivity contribution in [2.45, 2.75) is 24.6 Å². The number of sulfonamides is 1. The van der Waals surface area contributed by atoms with Gasteiger partial charge in [0.25, 0.3) is 10.0 Å². The third kappa shape index (κ3) is 5.62. The van der Waals surface area contributed by atoms with Gasteiger partial charge in [-0.25, -0.2) is 12.8 Å². The third-order valence-electron chi connectivity index (χ3n) is 6.61. The zero-order valence-corrected chi connectivity index (χ0v) is 21.2. The number of para-hydroxylation sites is 1. The molecule has 0 saturated carbocycles. The van der Waals surface area contributed by atoms with Crippen LogP contribution in [0, 0.1) is 12.7 Å². The van der Waals surface area contributed by atoms with Crippen molar-refractivity contribution in [3.8, 4) is 0 Å². The minimum absolute atomic E-state index is 0.114. The Balaban J connectivity index is 1.24. The quantitative estimate of drug-likeness (QED) is 0.383. The minimum atomic E-state index is -3.87. The van der Waals surface area contributed by atoms with Crippen molar-refractivity contribution in [2.75, 3.05) is 30.9 Å². The van der Waals surface area contributed by atoms with Gasteiger partial charge in [-0.3, -0.25) is 24.5 Å². The van der Waals surface area contributed by atoms with Crippen LogP contribution in [0.2, 0.25) is 0 Å². The number of aliphatic hydroxyl groups excluding tert-OH is 1. The summed E-state index contributed by atoms with van der Waals surface area (Å²) in [5, 5.41) is 11.7. The predicted molar refractivity (Wildman–Crippen MR) is 140 cm³/mol. The molecule has 5 rings (SSSR count). The van der Waals surface area contributed by atoms with Gasteiger partial charge in [0.05, 0.1) is 23.1 Å². The molecule has 0 aliphatic carbocycles. The maximum atomic E-state index is 13.2. The molecule has 2 aromatic carbocycles. The Labute approximate surface area is 215 Å². The van der Waals surface area contributed by atoms with Crippen LogP contribution in [0.1, 0.15) is 23.0 Å². The monoisotopic (exact) mass is 521 g/mol. The lowest BCUT2D eigenvalue weighted by molar-refractivity contribution is -0.0287. The van der Waals surface area contributed by atoms with Gasteiger partial charge in [0, 0.05) is 44.3 Å². The fourth-order valence-corrected chi connectivity index (χ4v) is 5.87. The second-order valence-electron chi connectivity index (χ2n) is 9.16. The van der Waals surface area contributed by atoms with Crippen LogP contribution >= 0.6 is 0 Å². The normalized spacial score (nSPS) is 16.1. The lowest BCUT2D eigenvalue weighted by Crippen LogP contribution is -2.47. The third-order valence-corrected chi connectivity index (χ3v) is 8.00. The van der Waals surface area contributed by atoms with E-state index in [1.807, 2.05) is 24.0 Å². The highest BCUT2D eigenvalue weighted by atomic mass is 32.2. The molecule has 8 nitrogen and oxygen atoms in total. The largest absolute Gasteiger partial charge is 0.374 e. The Hall–Kier alpha value is -3.44. The van der Waals surface area contributed by atoms with Gasteiger partial charge >= 0.3 is 0 Å². The highest BCUT2D eigenvalue weighted by Gasteiger charge is 2.25. The van der Waals surface area contributed by atoms with E-state index in [0.29, 0.717) is 42.0 Å². The molecule has 2 aromatic heterocycles. The summed E-state index contributed by atoms with van der Waals surface area (Å²) < 4.78 is 42.1. The number of nitrogens with zero attached hydrogens (tertiary/aromatic N) is 4. The Kier molecular flexibility index (Phi) is 7.16. The van der Waals surface area contributed by atoms with E-state index >= 15 is 0 Å². The van der Waals surface area contributed by atoms with Crippen LogP contribution in [-0.4, -0.2) is 59.5 Å². The average molecular weight is 522 g/mol. The molecule has 1 unspecified atom stereocenters. The van der Waals surface area contributed by atoms with Gasteiger partial charge in [-0.05, 0) is 48.4 Å². The number of benzene rings is 2. The van der Waals surface area contributed by atoms with Crippen molar-refractivity contribution in [2.24, 2.45) is 0 Å². The van der Waals surface area contributed by atoms with Crippen molar-refractivity contribution < 1.29 is 17.9 Å². The average Bonchev–Trinajstić information content (AvgIpc) is 2.91. The summed E-state index contributed by atoms with van der Waals surface area (Å²) in [4.78, 5) is 12.7. The second-order valence-corrected chi connectivity index (χ2v) is 10.8. The summed E-state index contributed by atoms with van der Waals surface area (Å²) in [6, 6.07) is 17.0. The number of hydrogen-bond donors (Lipinski definition) is 2. The predicted octanol–water partition coefficient (Wildman–Crippen LogP) is 3.69. The Bertz CT molecular complexity index is 1500. The number of aliphatic hydroxyl groups is 1. The molecule has 37 heavy (non-hydrogen) atoms. The number of piperazine rings is 1. The molecule has 3 heterocycles. The van der Waals surface area contributed by atoms with Gasteiger partial charge in [-0.1, -0.05) is 30.3 Å². The van der Waals surface area contributed by atoms with Crippen molar-refractivity contribution >= 4 is 26.6 Å². The molecule has 2 N–H and O–H groups in total. The van der Waals surface area contributed by atoms with E-state index in [0.717, 1.165) is 24.2 Å². The van der Waals surface area contributed by atoms with Gasteiger partial charge in [0.15, 0.2) is 0 Å². The molecule has 10 heteroatoms. The van der Waals surface area contributed by atoms with E-state index in [1.54, 1.807) is 42.6 Å². The number of fused-ring (bicyclic) bond motifs is 1. The zero-order valence-electron chi connectivity index (χ0n) is 20.4. The topological polar surface area (TPSA) is 98.7 Å². The molecule has 192 valence electrons. The first-order chi connectivity index (χ1) is 17.8. The summed E-state index contributed by atoms with van der Waals surface area (Å²) in [7, 11) is -3.87. The second kappa shape index (κ2) is 10.5. The number of anilines is 1. The molecule has 1 aliphatic heterocycles. The molecule has 0 spiro atoms. The molecule has 1 atom stereocenters. The van der Waals surface area contributed by atoms with E-state index in [1.165, 1.54) is 18.3 Å².